The van der Waals surface area contributed by atoms with Gasteiger partial charge in [0, 0.05) is 44.7 Å². The van der Waals surface area contributed by atoms with E-state index in [1.54, 1.807) is 0 Å². The van der Waals surface area contributed by atoms with Gasteiger partial charge in [-0.25, -0.2) is 0 Å². The van der Waals surface area contributed by atoms with E-state index in [-0.39, 0.29) is 18.1 Å². The molecule has 0 unspecified atom stereocenters. The van der Waals surface area contributed by atoms with E-state index in [1.165, 1.54) is 0 Å². The Balaban J connectivity index is 2.26. The highest BCUT2D eigenvalue weighted by molar-refractivity contribution is 5.76. The summed E-state index contributed by atoms with van der Waals surface area (Å²) in [6.45, 7) is 8.04. The molecule has 5 nitrogen and oxygen atoms in total. The van der Waals surface area contributed by atoms with Crippen molar-refractivity contribution in [2.24, 2.45) is 5.73 Å². The average molecular weight is 243 g/mol. The predicted molar refractivity (Wildman–Crippen MR) is 67.6 cm³/mol. The fourth-order valence-electron chi connectivity index (χ4n) is 1.95. The van der Waals surface area contributed by atoms with E-state index >= 15 is 0 Å². The van der Waals surface area contributed by atoms with Gasteiger partial charge in [-0.2, -0.15) is 0 Å². The maximum atomic E-state index is 11.9. The summed E-state index contributed by atoms with van der Waals surface area (Å²) in [4.78, 5) is 16.0. The standard InChI is InChI=1S/C12H25N3O2/c1-12(2,13)4-3-11(17)15-7-5-14(6-8-15)9-10-16/h16H,3-10,13H2,1-2H3. The molecular weight excluding hydrogens is 218 g/mol. The number of nitrogens with two attached hydrogens (primary N) is 1. The molecule has 100 valence electrons. The second kappa shape index (κ2) is 6.33. The van der Waals surface area contributed by atoms with Gasteiger partial charge in [-0.3, -0.25) is 9.69 Å². The average Bonchev–Trinajstić information content (AvgIpc) is 2.26. The molecule has 1 heterocycles. The van der Waals surface area contributed by atoms with Crippen LogP contribution in [0.2, 0.25) is 0 Å². The van der Waals surface area contributed by atoms with Crippen LogP contribution < -0.4 is 5.73 Å². The van der Waals surface area contributed by atoms with Crippen molar-refractivity contribution in [2.75, 3.05) is 39.3 Å². The molecule has 0 aromatic heterocycles. The number of amides is 1. The summed E-state index contributed by atoms with van der Waals surface area (Å²) in [5.41, 5.74) is 5.60. The van der Waals surface area contributed by atoms with Gasteiger partial charge < -0.3 is 15.7 Å². The second-order valence-corrected chi connectivity index (χ2v) is 5.43. The number of β-amino-alcohol motifs (C(OH)–C–C–N with tert-alkyl or cyclic N) is 1. The van der Waals surface area contributed by atoms with Crippen LogP contribution in [0.5, 0.6) is 0 Å². The van der Waals surface area contributed by atoms with Crippen molar-refractivity contribution in [2.45, 2.75) is 32.2 Å². The lowest BCUT2D eigenvalue weighted by Crippen LogP contribution is -2.49. The van der Waals surface area contributed by atoms with E-state index in [2.05, 4.69) is 4.90 Å². The Morgan fingerprint density at radius 1 is 1.29 bits per heavy atom. The fraction of sp³-hybridized carbons (Fsp3) is 0.917. The van der Waals surface area contributed by atoms with Crippen molar-refractivity contribution in [1.82, 2.24) is 9.80 Å². The van der Waals surface area contributed by atoms with Crippen molar-refractivity contribution in [3.8, 4) is 0 Å². The molecule has 0 saturated carbocycles. The Morgan fingerprint density at radius 3 is 2.35 bits per heavy atom. The Morgan fingerprint density at radius 2 is 1.88 bits per heavy atom. The van der Waals surface area contributed by atoms with Gasteiger partial charge in [0.25, 0.3) is 0 Å². The molecular formula is C12H25N3O2. The van der Waals surface area contributed by atoms with Crippen LogP contribution in [0.15, 0.2) is 0 Å². The van der Waals surface area contributed by atoms with E-state index in [0.29, 0.717) is 13.0 Å². The molecule has 1 amide bonds. The molecule has 1 aliphatic heterocycles. The zero-order chi connectivity index (χ0) is 12.9. The predicted octanol–water partition coefficient (Wildman–Crippen LogP) is -0.360. The number of carbonyl (C=O) groups is 1. The molecule has 1 fully saturated rings. The first-order chi connectivity index (χ1) is 7.92. The summed E-state index contributed by atoms with van der Waals surface area (Å²) >= 11 is 0. The fourth-order valence-corrected chi connectivity index (χ4v) is 1.95. The molecule has 3 N–H and O–H groups in total. The molecule has 0 aliphatic carbocycles. The summed E-state index contributed by atoms with van der Waals surface area (Å²) in [6, 6.07) is 0. The van der Waals surface area contributed by atoms with Gasteiger partial charge in [0.1, 0.15) is 0 Å². The van der Waals surface area contributed by atoms with Crippen LogP contribution in [0.3, 0.4) is 0 Å². The second-order valence-electron chi connectivity index (χ2n) is 5.43. The van der Waals surface area contributed by atoms with Crippen LogP contribution >= 0.6 is 0 Å². The van der Waals surface area contributed by atoms with Gasteiger partial charge in [-0.1, -0.05) is 0 Å². The number of hydrogen-bond donors (Lipinski definition) is 2. The van der Waals surface area contributed by atoms with Gasteiger partial charge in [-0.05, 0) is 20.3 Å². The normalized spacial score (nSPS) is 18.5. The third-order valence-electron chi connectivity index (χ3n) is 3.12. The van der Waals surface area contributed by atoms with Crippen LogP contribution in [0.1, 0.15) is 26.7 Å². The van der Waals surface area contributed by atoms with Crippen LogP contribution in [-0.2, 0) is 4.79 Å². The summed E-state index contributed by atoms with van der Waals surface area (Å²) in [5.74, 6) is 0.201. The topological polar surface area (TPSA) is 69.8 Å². The van der Waals surface area contributed by atoms with Gasteiger partial charge in [-0.15, -0.1) is 0 Å². The van der Waals surface area contributed by atoms with Gasteiger partial charge in [0.05, 0.1) is 6.61 Å². The maximum absolute atomic E-state index is 11.9. The minimum Gasteiger partial charge on any atom is -0.395 e. The molecule has 5 heteroatoms. The number of nitrogens with zero attached hydrogens (tertiary/aromatic N) is 2. The lowest BCUT2D eigenvalue weighted by atomic mass is 9.99. The Hall–Kier alpha value is -0.650. The minimum atomic E-state index is -0.269. The molecule has 1 aliphatic rings. The molecule has 1 rings (SSSR count). The first-order valence-electron chi connectivity index (χ1n) is 6.32. The molecule has 17 heavy (non-hydrogen) atoms. The highest BCUT2D eigenvalue weighted by atomic mass is 16.3. The quantitative estimate of drug-likeness (QED) is 0.692. The van der Waals surface area contributed by atoms with E-state index in [1.807, 2.05) is 18.7 Å². The van der Waals surface area contributed by atoms with Crippen LogP contribution in [-0.4, -0.2) is 65.7 Å². The Kier molecular flexibility index (Phi) is 5.36. The third-order valence-corrected chi connectivity index (χ3v) is 3.12. The molecule has 0 spiro atoms. The van der Waals surface area contributed by atoms with Crippen molar-refractivity contribution >= 4 is 5.91 Å². The number of hydrogen-bond acceptors (Lipinski definition) is 4. The lowest BCUT2D eigenvalue weighted by Gasteiger charge is -2.34. The largest absolute Gasteiger partial charge is 0.395 e. The third kappa shape index (κ3) is 5.48. The van der Waals surface area contributed by atoms with Gasteiger partial charge in [0.2, 0.25) is 5.91 Å². The smallest absolute Gasteiger partial charge is 0.222 e. The van der Waals surface area contributed by atoms with Crippen molar-refractivity contribution in [3.05, 3.63) is 0 Å². The van der Waals surface area contributed by atoms with Gasteiger partial charge >= 0.3 is 0 Å². The molecule has 0 aromatic carbocycles. The molecule has 0 aromatic rings. The first-order valence-corrected chi connectivity index (χ1v) is 6.32. The zero-order valence-electron chi connectivity index (χ0n) is 11.0. The molecule has 0 atom stereocenters. The molecule has 1 saturated heterocycles. The number of rotatable bonds is 5. The summed E-state index contributed by atoms with van der Waals surface area (Å²) in [6.07, 6.45) is 1.26. The van der Waals surface area contributed by atoms with Crippen molar-refractivity contribution in [3.63, 3.8) is 0 Å². The number of piperazine rings is 1. The highest BCUT2D eigenvalue weighted by Gasteiger charge is 2.22. The van der Waals surface area contributed by atoms with Crippen LogP contribution in [0.4, 0.5) is 0 Å². The van der Waals surface area contributed by atoms with Crippen LogP contribution in [0.25, 0.3) is 0 Å². The minimum absolute atomic E-state index is 0.190. The first kappa shape index (κ1) is 14.4. The van der Waals surface area contributed by atoms with E-state index in [0.717, 1.165) is 32.6 Å². The Bertz CT molecular complexity index is 243. The van der Waals surface area contributed by atoms with Crippen LogP contribution in [0, 0.1) is 0 Å². The molecule has 0 bridgehead atoms. The number of aliphatic hydroxyl groups excluding tert-OH is 1. The zero-order valence-corrected chi connectivity index (χ0v) is 11.0. The number of carbonyl (C=O) groups excluding carboxylic acids is 1. The monoisotopic (exact) mass is 243 g/mol. The van der Waals surface area contributed by atoms with E-state index in [9.17, 15) is 4.79 Å². The summed E-state index contributed by atoms with van der Waals surface area (Å²) in [7, 11) is 0. The van der Waals surface area contributed by atoms with E-state index < -0.39 is 0 Å². The van der Waals surface area contributed by atoms with Crippen molar-refractivity contribution in [1.29, 1.82) is 0 Å². The van der Waals surface area contributed by atoms with E-state index in [4.69, 9.17) is 10.8 Å². The summed E-state index contributed by atoms with van der Waals surface area (Å²) < 4.78 is 0. The summed E-state index contributed by atoms with van der Waals surface area (Å²) in [5, 5.41) is 8.83. The lowest BCUT2D eigenvalue weighted by molar-refractivity contribution is -0.133. The van der Waals surface area contributed by atoms with Crippen molar-refractivity contribution < 1.29 is 9.90 Å². The SMILES string of the molecule is CC(C)(N)CCC(=O)N1CCN(CCO)CC1. The number of aliphatic hydroxyl groups is 1. The highest BCUT2D eigenvalue weighted by Crippen LogP contribution is 2.10. The Labute approximate surface area is 104 Å². The van der Waals surface area contributed by atoms with Gasteiger partial charge in [0.15, 0.2) is 0 Å². The maximum Gasteiger partial charge on any atom is 0.222 e. The molecule has 0 radical (unpaired) electrons.